The molecule has 0 amide bonds. The molecule has 0 aliphatic rings. The molecule has 1 aromatic carbocycles. The van der Waals surface area contributed by atoms with Crippen molar-refractivity contribution in [2.24, 2.45) is 0 Å². The number of hydrogen-bond acceptors (Lipinski definition) is 2. The molecule has 0 radical (unpaired) electrons. The Labute approximate surface area is 70.6 Å². The van der Waals surface area contributed by atoms with E-state index in [0.29, 0.717) is 5.75 Å². The smallest absolute Gasteiger partial charge is 0.123 e. The summed E-state index contributed by atoms with van der Waals surface area (Å²) in [7, 11) is 0. The van der Waals surface area contributed by atoms with Gasteiger partial charge in [0.2, 0.25) is 0 Å². The summed E-state index contributed by atoms with van der Waals surface area (Å²) in [6.45, 7) is 1.86. The van der Waals surface area contributed by atoms with Gasteiger partial charge in [-0.15, -0.1) is 0 Å². The molecule has 1 N–H and O–H groups in total. The van der Waals surface area contributed by atoms with E-state index >= 15 is 0 Å². The van der Waals surface area contributed by atoms with E-state index in [9.17, 15) is 4.39 Å². The van der Waals surface area contributed by atoms with Crippen molar-refractivity contribution in [2.75, 3.05) is 6.61 Å². The predicted octanol–water partition coefficient (Wildman–Crippen LogP) is 1.59. The summed E-state index contributed by atoms with van der Waals surface area (Å²) in [5.41, 5.74) is 0. The summed E-state index contributed by atoms with van der Waals surface area (Å²) in [5, 5.41) is 8.87. The number of aliphatic hydroxyl groups is 1. The van der Waals surface area contributed by atoms with E-state index in [2.05, 4.69) is 0 Å². The molecule has 1 atom stereocenters. The van der Waals surface area contributed by atoms with Crippen molar-refractivity contribution in [3.63, 3.8) is 0 Å². The summed E-state index contributed by atoms with van der Waals surface area (Å²) in [5.74, 6) is 0.275. The van der Waals surface area contributed by atoms with Crippen molar-refractivity contribution in [3.05, 3.63) is 30.1 Å². The van der Waals surface area contributed by atoms with Crippen molar-refractivity contribution in [3.8, 4) is 5.75 Å². The Balaban J connectivity index is 2.48. The lowest BCUT2D eigenvalue weighted by Gasteiger charge is -2.07. The third-order valence-electron chi connectivity index (χ3n) is 1.30. The molecule has 0 aromatic heterocycles. The van der Waals surface area contributed by atoms with Crippen LogP contribution in [-0.4, -0.2) is 17.8 Å². The fourth-order valence-electron chi connectivity index (χ4n) is 0.748. The highest BCUT2D eigenvalue weighted by Crippen LogP contribution is 2.10. The predicted molar refractivity (Wildman–Crippen MR) is 43.6 cm³/mol. The largest absolute Gasteiger partial charge is 0.491 e. The maximum absolute atomic E-state index is 12.4. The standard InChI is InChI=1S/C9H11FO2/c1-7(11)6-12-9-4-2-8(10)3-5-9/h2-5,7,11H,6H2,1H3. The molecule has 2 nitrogen and oxygen atoms in total. The number of halogens is 1. The van der Waals surface area contributed by atoms with Crippen molar-refractivity contribution >= 4 is 0 Å². The SMILES string of the molecule is CC(O)COc1ccc(F)cc1. The van der Waals surface area contributed by atoms with Crippen LogP contribution in [0.2, 0.25) is 0 Å². The lowest BCUT2D eigenvalue weighted by molar-refractivity contribution is 0.122. The van der Waals surface area contributed by atoms with Gasteiger partial charge in [0.15, 0.2) is 0 Å². The van der Waals surface area contributed by atoms with Gasteiger partial charge in [0.05, 0.1) is 6.10 Å². The van der Waals surface area contributed by atoms with Crippen molar-refractivity contribution in [1.29, 1.82) is 0 Å². The summed E-state index contributed by atoms with van der Waals surface area (Å²) < 4.78 is 17.5. The molecule has 66 valence electrons. The highest BCUT2D eigenvalue weighted by atomic mass is 19.1. The van der Waals surface area contributed by atoms with Gasteiger partial charge in [-0.1, -0.05) is 0 Å². The normalized spacial score (nSPS) is 12.6. The van der Waals surface area contributed by atoms with Gasteiger partial charge in [-0.05, 0) is 31.2 Å². The minimum atomic E-state index is -0.505. The molecule has 1 unspecified atom stereocenters. The number of benzene rings is 1. The average Bonchev–Trinajstić information content (AvgIpc) is 2.03. The molecular formula is C9H11FO2. The van der Waals surface area contributed by atoms with Crippen LogP contribution in [0.4, 0.5) is 4.39 Å². The second-order valence-electron chi connectivity index (χ2n) is 2.61. The quantitative estimate of drug-likeness (QED) is 0.746. The lowest BCUT2D eigenvalue weighted by Crippen LogP contribution is -2.12. The number of aliphatic hydroxyl groups excluding tert-OH is 1. The highest BCUT2D eigenvalue weighted by Gasteiger charge is 1.97. The fraction of sp³-hybridized carbons (Fsp3) is 0.333. The van der Waals surface area contributed by atoms with E-state index < -0.39 is 6.10 Å². The van der Waals surface area contributed by atoms with Crippen LogP contribution in [0.5, 0.6) is 5.75 Å². The van der Waals surface area contributed by atoms with E-state index in [0.717, 1.165) is 0 Å². The van der Waals surface area contributed by atoms with E-state index in [1.807, 2.05) is 0 Å². The molecule has 0 saturated carbocycles. The zero-order chi connectivity index (χ0) is 8.97. The number of hydrogen-bond donors (Lipinski definition) is 1. The molecule has 1 aromatic rings. The molecule has 3 heteroatoms. The molecule has 0 aliphatic heterocycles. The Morgan fingerprint density at radius 3 is 2.50 bits per heavy atom. The maximum atomic E-state index is 12.4. The molecule has 0 saturated heterocycles. The van der Waals surface area contributed by atoms with Crippen molar-refractivity contribution < 1.29 is 14.2 Å². The number of rotatable bonds is 3. The van der Waals surface area contributed by atoms with Crippen molar-refractivity contribution in [2.45, 2.75) is 13.0 Å². The first kappa shape index (κ1) is 9.00. The number of ether oxygens (including phenoxy) is 1. The van der Waals surface area contributed by atoms with Gasteiger partial charge in [-0.3, -0.25) is 0 Å². The van der Waals surface area contributed by atoms with E-state index in [-0.39, 0.29) is 12.4 Å². The van der Waals surface area contributed by atoms with Gasteiger partial charge < -0.3 is 9.84 Å². The second kappa shape index (κ2) is 4.07. The van der Waals surface area contributed by atoms with Crippen LogP contribution in [0, 0.1) is 5.82 Å². The van der Waals surface area contributed by atoms with Crippen LogP contribution >= 0.6 is 0 Å². The third kappa shape index (κ3) is 2.88. The lowest BCUT2D eigenvalue weighted by atomic mass is 10.3. The van der Waals surface area contributed by atoms with Crippen LogP contribution in [0.1, 0.15) is 6.92 Å². The van der Waals surface area contributed by atoms with Crippen molar-refractivity contribution in [1.82, 2.24) is 0 Å². The molecule has 1 rings (SSSR count). The topological polar surface area (TPSA) is 29.5 Å². The minimum absolute atomic E-state index is 0.228. The maximum Gasteiger partial charge on any atom is 0.123 e. The van der Waals surface area contributed by atoms with Crippen LogP contribution in [-0.2, 0) is 0 Å². The first-order chi connectivity index (χ1) is 5.68. The molecule has 0 spiro atoms. The van der Waals surface area contributed by atoms with Gasteiger partial charge in [0.1, 0.15) is 18.2 Å². The summed E-state index contributed by atoms with van der Waals surface area (Å²) >= 11 is 0. The van der Waals surface area contributed by atoms with Crippen LogP contribution in [0.25, 0.3) is 0 Å². The highest BCUT2D eigenvalue weighted by molar-refractivity contribution is 5.21. The van der Waals surface area contributed by atoms with E-state index in [1.165, 1.54) is 24.3 Å². The van der Waals surface area contributed by atoms with Gasteiger partial charge in [-0.2, -0.15) is 0 Å². The first-order valence-corrected chi connectivity index (χ1v) is 3.75. The van der Waals surface area contributed by atoms with Crippen LogP contribution < -0.4 is 4.74 Å². The van der Waals surface area contributed by atoms with E-state index in [1.54, 1.807) is 6.92 Å². The van der Waals surface area contributed by atoms with Crippen LogP contribution in [0.15, 0.2) is 24.3 Å². The Kier molecular flexibility index (Phi) is 3.05. The van der Waals surface area contributed by atoms with Gasteiger partial charge in [-0.25, -0.2) is 4.39 Å². The van der Waals surface area contributed by atoms with Gasteiger partial charge in [0, 0.05) is 0 Å². The van der Waals surface area contributed by atoms with E-state index in [4.69, 9.17) is 9.84 Å². The molecule has 0 fully saturated rings. The van der Waals surface area contributed by atoms with Gasteiger partial charge >= 0.3 is 0 Å². The Morgan fingerprint density at radius 1 is 1.42 bits per heavy atom. The van der Waals surface area contributed by atoms with Gasteiger partial charge in [0.25, 0.3) is 0 Å². The third-order valence-corrected chi connectivity index (χ3v) is 1.30. The monoisotopic (exact) mass is 170 g/mol. The summed E-state index contributed by atoms with van der Waals surface area (Å²) in [4.78, 5) is 0. The van der Waals surface area contributed by atoms with Crippen LogP contribution in [0.3, 0.4) is 0 Å². The molecule has 0 heterocycles. The minimum Gasteiger partial charge on any atom is -0.491 e. The molecule has 0 aliphatic carbocycles. The Morgan fingerprint density at radius 2 is 2.00 bits per heavy atom. The molecule has 12 heavy (non-hydrogen) atoms. The average molecular weight is 170 g/mol. The molecule has 0 bridgehead atoms. The Bertz CT molecular complexity index is 231. The summed E-state index contributed by atoms with van der Waals surface area (Å²) in [6, 6.07) is 5.68. The Hall–Kier alpha value is -1.09. The zero-order valence-corrected chi connectivity index (χ0v) is 6.83. The zero-order valence-electron chi connectivity index (χ0n) is 6.83. The summed E-state index contributed by atoms with van der Waals surface area (Å²) in [6.07, 6.45) is -0.505. The molecular weight excluding hydrogens is 159 g/mol. The first-order valence-electron chi connectivity index (χ1n) is 3.75. The fourth-order valence-corrected chi connectivity index (χ4v) is 0.748. The second-order valence-corrected chi connectivity index (χ2v) is 2.61.